The lowest BCUT2D eigenvalue weighted by Crippen LogP contribution is -2.50. The summed E-state index contributed by atoms with van der Waals surface area (Å²) in [6, 6.07) is 7.37. The number of rotatable bonds is 16. The molecule has 3 rings (SSSR count). The monoisotopic (exact) mass is 586 g/mol. The fourth-order valence-electron chi connectivity index (χ4n) is 5.78. The van der Waals surface area contributed by atoms with Crippen molar-refractivity contribution < 1.29 is 23.4 Å². The average Bonchev–Trinajstić information content (AvgIpc) is 3.20. The van der Waals surface area contributed by atoms with Gasteiger partial charge in [0.15, 0.2) is 0 Å². The molecule has 0 aromatic heterocycles. The molecular weight excluding hydrogens is 539 g/mol. The number of likely N-dealkylation sites (tertiary alicyclic amines) is 1. The first-order valence-electron chi connectivity index (χ1n) is 15.2. The van der Waals surface area contributed by atoms with Crippen LogP contribution in [0.25, 0.3) is 4.85 Å². The molecule has 226 valence electrons. The molecule has 0 N–H and O–H groups in total. The number of imide groups is 1. The van der Waals surface area contributed by atoms with E-state index in [1.54, 1.807) is 24.3 Å². The molecule has 41 heavy (non-hydrogen) atoms. The van der Waals surface area contributed by atoms with Crippen molar-refractivity contribution in [3.63, 3.8) is 0 Å². The molecule has 3 amide bonds. The minimum Gasteiger partial charge on any atom is -0.337 e. The van der Waals surface area contributed by atoms with Crippen molar-refractivity contribution in [1.29, 1.82) is 0 Å². The van der Waals surface area contributed by atoms with Crippen LogP contribution < -0.4 is 0 Å². The third-order valence-electron chi connectivity index (χ3n) is 7.73. The highest BCUT2D eigenvalue weighted by Crippen LogP contribution is 2.48. The number of amides is 3. The van der Waals surface area contributed by atoms with Crippen molar-refractivity contribution in [2.75, 3.05) is 26.2 Å². The predicted octanol–water partition coefficient (Wildman–Crippen LogP) is 6.30. The van der Waals surface area contributed by atoms with Crippen LogP contribution in [0.2, 0.25) is 0 Å². The summed E-state index contributed by atoms with van der Waals surface area (Å²) in [7, 11) is -1.38. The van der Waals surface area contributed by atoms with Gasteiger partial charge in [0, 0.05) is 31.6 Å². The van der Waals surface area contributed by atoms with Crippen LogP contribution in [0.1, 0.15) is 107 Å². The Balaban J connectivity index is 1.55. The molecule has 2 aliphatic rings. The van der Waals surface area contributed by atoms with Gasteiger partial charge in [-0.3, -0.25) is 19.3 Å². The molecule has 2 heterocycles. The first kappa shape index (κ1) is 33.1. The summed E-state index contributed by atoms with van der Waals surface area (Å²) in [5.74, 6) is -0.315. The molecule has 1 aromatic rings. The summed E-state index contributed by atoms with van der Waals surface area (Å²) < 4.78 is 15.1. The number of piperidine rings is 1. The average molecular weight is 587 g/mol. The maximum absolute atomic E-state index is 13.4. The summed E-state index contributed by atoms with van der Waals surface area (Å²) in [5.41, 5.74) is 0.948. The van der Waals surface area contributed by atoms with E-state index in [4.69, 9.17) is 15.6 Å². The lowest BCUT2D eigenvalue weighted by atomic mass is 9.95. The Labute approximate surface area is 247 Å². The van der Waals surface area contributed by atoms with Crippen LogP contribution in [0.3, 0.4) is 0 Å². The predicted molar refractivity (Wildman–Crippen MR) is 161 cm³/mol. The number of carbonyl (C=O) groups excluding carboxylic acids is 3. The maximum atomic E-state index is 13.4. The van der Waals surface area contributed by atoms with Gasteiger partial charge in [-0.1, -0.05) is 25.5 Å². The van der Waals surface area contributed by atoms with E-state index in [0.717, 1.165) is 38.6 Å². The normalized spacial score (nSPS) is 18.8. The van der Waals surface area contributed by atoms with Crippen LogP contribution in [-0.2, 0) is 13.8 Å². The van der Waals surface area contributed by atoms with Crippen molar-refractivity contribution in [3.05, 3.63) is 46.8 Å². The Morgan fingerprint density at radius 2 is 1.73 bits per heavy atom. The van der Waals surface area contributed by atoms with Crippen LogP contribution in [0.4, 0.5) is 0 Å². The van der Waals surface area contributed by atoms with Gasteiger partial charge in [-0.05, 0) is 78.4 Å². The molecule has 1 aromatic carbocycles. The number of hydrogen-bond acceptors (Lipinski definition) is 6. The van der Waals surface area contributed by atoms with Crippen LogP contribution in [0, 0.1) is 6.57 Å². The van der Waals surface area contributed by atoms with Gasteiger partial charge in [-0.15, -0.1) is 0 Å². The molecule has 0 aliphatic carbocycles. The second-order valence-corrected chi connectivity index (χ2v) is 12.7. The minimum absolute atomic E-state index is 0.00441. The molecular formula is C31H47N4O5P. The van der Waals surface area contributed by atoms with E-state index in [9.17, 15) is 14.4 Å². The second kappa shape index (κ2) is 16.3. The maximum Gasteiger partial charge on any atom is 0.261 e. The number of unbranched alkanes of at least 4 members (excludes halogenated alkanes) is 2. The third kappa shape index (κ3) is 8.58. The van der Waals surface area contributed by atoms with Gasteiger partial charge < -0.3 is 18.8 Å². The van der Waals surface area contributed by atoms with E-state index in [-0.39, 0.29) is 42.0 Å². The molecule has 3 unspecified atom stereocenters. The number of carbonyl (C=O) groups is 3. The van der Waals surface area contributed by atoms with Crippen LogP contribution in [-0.4, -0.2) is 82.7 Å². The molecule has 0 spiro atoms. The largest absolute Gasteiger partial charge is 0.337 e. The second-order valence-electron chi connectivity index (χ2n) is 11.3. The van der Waals surface area contributed by atoms with E-state index in [1.165, 1.54) is 4.90 Å². The molecule has 1 saturated heterocycles. The smallest absolute Gasteiger partial charge is 0.261 e. The van der Waals surface area contributed by atoms with E-state index >= 15 is 0 Å². The van der Waals surface area contributed by atoms with Crippen molar-refractivity contribution in [2.45, 2.75) is 110 Å². The van der Waals surface area contributed by atoms with E-state index in [2.05, 4.69) is 44.1 Å². The third-order valence-corrected chi connectivity index (χ3v) is 9.88. The molecule has 0 saturated carbocycles. The zero-order valence-corrected chi connectivity index (χ0v) is 26.3. The van der Waals surface area contributed by atoms with Crippen molar-refractivity contribution in [2.24, 2.45) is 0 Å². The molecule has 0 bridgehead atoms. The molecule has 3 atom stereocenters. The van der Waals surface area contributed by atoms with Crippen molar-refractivity contribution in [1.82, 2.24) is 14.5 Å². The fraction of sp³-hybridized carbons (Fsp3) is 0.677. The SMILES string of the molecule is [C-]#[N+]CCOP(OC(CC)C1CCCCN1C(=O)CCCCCN1C(=O)c2ccccc2C1=O)N(C(C)C)C(C)C. The lowest BCUT2D eigenvalue weighted by Gasteiger charge is -2.43. The first-order valence-corrected chi connectivity index (χ1v) is 16.3. The molecule has 9 nitrogen and oxygen atoms in total. The lowest BCUT2D eigenvalue weighted by molar-refractivity contribution is -0.137. The Hall–Kier alpha value is -2.37. The summed E-state index contributed by atoms with van der Waals surface area (Å²) in [6.07, 6.45) is 6.16. The number of fused-ring (bicyclic) bond motifs is 1. The van der Waals surface area contributed by atoms with Crippen LogP contribution >= 0.6 is 8.53 Å². The highest BCUT2D eigenvalue weighted by Gasteiger charge is 2.37. The number of benzene rings is 1. The summed E-state index contributed by atoms with van der Waals surface area (Å²) in [4.78, 5) is 45.4. The van der Waals surface area contributed by atoms with E-state index in [0.29, 0.717) is 50.1 Å². The standard InChI is InChI=1S/C31H47N4O5P/c1-7-28(40-41(39-22-19-32-6)35(23(2)3)24(4)5)27-17-12-14-20-33(27)29(36)18-9-8-13-21-34-30(37)25-15-10-11-16-26(25)31(34)38/h10-11,15-16,23-24,27-28H,7-9,12-14,17-22H2,1-5H3. The molecule has 10 heteroatoms. The van der Waals surface area contributed by atoms with Gasteiger partial charge >= 0.3 is 0 Å². The highest BCUT2D eigenvalue weighted by atomic mass is 31.2. The van der Waals surface area contributed by atoms with E-state index < -0.39 is 8.53 Å². The van der Waals surface area contributed by atoms with Crippen LogP contribution in [0.5, 0.6) is 0 Å². The topological polar surface area (TPSA) is 83.8 Å². The molecule has 0 radical (unpaired) electrons. The summed E-state index contributed by atoms with van der Waals surface area (Å²) >= 11 is 0. The Bertz CT molecular complexity index is 1030. The minimum atomic E-state index is -1.38. The summed E-state index contributed by atoms with van der Waals surface area (Å²) in [5, 5.41) is 0. The van der Waals surface area contributed by atoms with Gasteiger partial charge in [0.25, 0.3) is 20.3 Å². The molecule has 2 aliphatic heterocycles. The number of nitrogens with zero attached hydrogens (tertiary/aromatic N) is 4. The quantitative estimate of drug-likeness (QED) is 0.0979. The summed E-state index contributed by atoms with van der Waals surface area (Å²) in [6.45, 7) is 19.5. The fourth-order valence-corrected chi connectivity index (χ4v) is 7.60. The van der Waals surface area contributed by atoms with Crippen molar-refractivity contribution >= 4 is 26.2 Å². The molecule has 1 fully saturated rings. The van der Waals surface area contributed by atoms with Crippen LogP contribution in [0.15, 0.2) is 24.3 Å². The van der Waals surface area contributed by atoms with Gasteiger partial charge in [0.2, 0.25) is 12.5 Å². The van der Waals surface area contributed by atoms with Gasteiger partial charge in [0.1, 0.15) is 6.61 Å². The Kier molecular flexibility index (Phi) is 13.2. The van der Waals surface area contributed by atoms with Gasteiger partial charge in [-0.2, -0.15) is 0 Å². The zero-order chi connectivity index (χ0) is 29.9. The van der Waals surface area contributed by atoms with Gasteiger partial charge in [0.05, 0.1) is 23.3 Å². The van der Waals surface area contributed by atoms with Gasteiger partial charge in [-0.25, -0.2) is 11.2 Å². The Morgan fingerprint density at radius 1 is 1.07 bits per heavy atom. The van der Waals surface area contributed by atoms with Crippen molar-refractivity contribution in [3.8, 4) is 0 Å². The first-order chi connectivity index (χ1) is 19.7. The Morgan fingerprint density at radius 3 is 2.32 bits per heavy atom. The number of hydrogen-bond donors (Lipinski definition) is 0. The zero-order valence-electron chi connectivity index (χ0n) is 25.4. The highest BCUT2D eigenvalue weighted by molar-refractivity contribution is 7.44. The van der Waals surface area contributed by atoms with E-state index in [1.807, 2.05) is 4.90 Å².